The maximum absolute atomic E-state index is 13.5. The van der Waals surface area contributed by atoms with Gasteiger partial charge in [-0.05, 0) is 110 Å². The van der Waals surface area contributed by atoms with Gasteiger partial charge in [-0.1, -0.05) is 42.5 Å². The first-order chi connectivity index (χ1) is 23.1. The Morgan fingerprint density at radius 1 is 1.02 bits per heavy atom. The summed E-state index contributed by atoms with van der Waals surface area (Å²) in [6, 6.07) is 22.2. The normalized spacial score (nSPS) is 23.1. The lowest BCUT2D eigenvalue weighted by Crippen LogP contribution is -2.49. The van der Waals surface area contributed by atoms with Crippen LogP contribution in [0.5, 0.6) is 0 Å². The van der Waals surface area contributed by atoms with Gasteiger partial charge >= 0.3 is 0 Å². The molecule has 9 heteroatoms. The summed E-state index contributed by atoms with van der Waals surface area (Å²) in [5.41, 5.74) is 14.8. The predicted molar refractivity (Wildman–Crippen MR) is 190 cm³/mol. The number of nitrogens with zero attached hydrogens (tertiary/aromatic N) is 3. The van der Waals surface area contributed by atoms with Crippen LogP contribution < -0.4 is 21.7 Å². The number of amides is 2. The highest BCUT2D eigenvalue weighted by molar-refractivity contribution is 5.99. The SMILES string of the molecule is C=C(NC)c1ccc2c(c1)CCc1cc(C(=O)NC)ccc1C2(C[C@H](C)NCC(=O)N1C(C#N)C[C@@H]2CC21)C(N)=Nc1ccc(C)cc1. The largest absolute Gasteiger partial charge is 0.388 e. The number of nitriles is 1. The standard InChI is InChI=1S/C39H45N7O2/c1-23-6-12-31(13-7-23)45-38(41)39(20-24(2)44-22-36(47)46-32(21-40)18-30-19-35(30)46)33-14-10-26(25(3)42-4)16-27(33)8-9-28-17-29(37(48)43-5)11-15-34(28)39/h6-7,10-17,24,30,32,35,42,44H,3,8-9,18-20,22H2,1-2,4-5H3,(H2,41,45)(H,43,48)/t24-,30+,32?,35?,39?/m0/s1. The summed E-state index contributed by atoms with van der Waals surface area (Å²) < 4.78 is 0. The number of fused-ring (bicyclic) bond motifs is 3. The minimum absolute atomic E-state index is 0.0409. The Bertz CT molecular complexity index is 1760. The van der Waals surface area contributed by atoms with Crippen LogP contribution >= 0.6 is 0 Å². The molecule has 9 nitrogen and oxygen atoms in total. The van der Waals surface area contributed by atoms with Crippen LogP contribution in [0, 0.1) is 24.2 Å². The number of aryl methyl sites for hydroxylation is 3. The van der Waals surface area contributed by atoms with Gasteiger partial charge in [0.1, 0.15) is 11.9 Å². The van der Waals surface area contributed by atoms with E-state index in [4.69, 9.17) is 10.7 Å². The monoisotopic (exact) mass is 643 g/mol. The molecule has 0 radical (unpaired) electrons. The van der Waals surface area contributed by atoms with E-state index in [1.54, 1.807) is 11.9 Å². The third kappa shape index (κ3) is 6.09. The molecule has 2 fully saturated rings. The molecule has 3 aromatic rings. The van der Waals surface area contributed by atoms with Crippen molar-refractivity contribution in [3.8, 4) is 6.07 Å². The summed E-state index contributed by atoms with van der Waals surface area (Å²) in [4.78, 5) is 33.1. The van der Waals surface area contributed by atoms with Crippen molar-refractivity contribution in [3.63, 3.8) is 0 Å². The van der Waals surface area contributed by atoms with E-state index in [-0.39, 0.29) is 36.5 Å². The predicted octanol–water partition coefficient (Wildman–Crippen LogP) is 4.50. The number of piperidine rings is 1. The van der Waals surface area contributed by atoms with Crippen LogP contribution in [0.1, 0.15) is 69.9 Å². The molecule has 48 heavy (non-hydrogen) atoms. The number of nitrogens with two attached hydrogens (primary N) is 1. The van der Waals surface area contributed by atoms with Crippen molar-refractivity contribution >= 4 is 29.0 Å². The number of carbonyl (C=O) groups is 2. The van der Waals surface area contributed by atoms with Crippen molar-refractivity contribution in [1.82, 2.24) is 20.9 Å². The minimum Gasteiger partial charge on any atom is -0.388 e. The van der Waals surface area contributed by atoms with E-state index in [0.717, 1.165) is 64.0 Å². The zero-order valence-electron chi connectivity index (χ0n) is 28.3. The van der Waals surface area contributed by atoms with Gasteiger partial charge in [0.25, 0.3) is 5.91 Å². The third-order valence-electron chi connectivity index (χ3n) is 10.4. The van der Waals surface area contributed by atoms with Crippen LogP contribution in [0.2, 0.25) is 0 Å². The van der Waals surface area contributed by atoms with Gasteiger partial charge in [0.2, 0.25) is 5.91 Å². The summed E-state index contributed by atoms with van der Waals surface area (Å²) in [7, 11) is 3.50. The van der Waals surface area contributed by atoms with Gasteiger partial charge in [-0.3, -0.25) is 9.59 Å². The zero-order chi connectivity index (χ0) is 34.2. The highest BCUT2D eigenvalue weighted by Gasteiger charge is 2.54. The summed E-state index contributed by atoms with van der Waals surface area (Å²) >= 11 is 0. The van der Waals surface area contributed by atoms with E-state index >= 15 is 0 Å². The Morgan fingerprint density at radius 2 is 1.67 bits per heavy atom. The highest BCUT2D eigenvalue weighted by Crippen LogP contribution is 2.48. The highest BCUT2D eigenvalue weighted by atomic mass is 16.2. The van der Waals surface area contributed by atoms with Crippen LogP contribution in [0.4, 0.5) is 5.69 Å². The second kappa shape index (κ2) is 13.3. The van der Waals surface area contributed by atoms with Crippen LogP contribution in [0.25, 0.3) is 5.70 Å². The molecule has 5 N–H and O–H groups in total. The van der Waals surface area contributed by atoms with Gasteiger partial charge in [0.15, 0.2) is 0 Å². The van der Waals surface area contributed by atoms with Crippen molar-refractivity contribution < 1.29 is 9.59 Å². The number of nitrogens with one attached hydrogen (secondary N) is 3. The second-order valence-corrected chi connectivity index (χ2v) is 13.5. The van der Waals surface area contributed by atoms with Crippen LogP contribution in [0.15, 0.2) is 72.2 Å². The topological polar surface area (TPSA) is 136 Å². The van der Waals surface area contributed by atoms with Crippen molar-refractivity contribution in [2.24, 2.45) is 16.6 Å². The van der Waals surface area contributed by atoms with Crippen molar-refractivity contribution in [2.45, 2.75) is 69.5 Å². The molecule has 0 aromatic heterocycles. The Kier molecular flexibility index (Phi) is 9.13. The Balaban J connectivity index is 1.46. The van der Waals surface area contributed by atoms with Gasteiger partial charge in [0, 0.05) is 37.4 Å². The number of hydrogen-bond acceptors (Lipinski definition) is 6. The van der Waals surface area contributed by atoms with Gasteiger partial charge in [-0.2, -0.15) is 5.26 Å². The van der Waals surface area contributed by atoms with E-state index in [1.807, 2.05) is 56.4 Å². The summed E-state index contributed by atoms with van der Waals surface area (Å²) in [6.07, 6.45) is 3.70. The molecular formula is C39H45N7O2. The summed E-state index contributed by atoms with van der Waals surface area (Å²) in [5, 5.41) is 19.1. The molecule has 3 unspecified atom stereocenters. The molecule has 248 valence electrons. The molecule has 2 amide bonds. The lowest BCUT2D eigenvalue weighted by atomic mass is 9.67. The molecule has 1 saturated heterocycles. The van der Waals surface area contributed by atoms with E-state index in [1.165, 1.54) is 0 Å². The molecule has 1 saturated carbocycles. The van der Waals surface area contributed by atoms with E-state index < -0.39 is 5.41 Å². The molecule has 0 spiro atoms. The molecule has 3 aromatic carbocycles. The summed E-state index contributed by atoms with van der Waals surface area (Å²) in [5.74, 6) is 0.706. The van der Waals surface area contributed by atoms with Gasteiger partial charge < -0.3 is 26.6 Å². The minimum atomic E-state index is -0.896. The number of rotatable bonds is 10. The first-order valence-electron chi connectivity index (χ1n) is 16.8. The quantitative estimate of drug-likeness (QED) is 0.190. The van der Waals surface area contributed by atoms with E-state index in [2.05, 4.69) is 53.7 Å². The van der Waals surface area contributed by atoms with Crippen molar-refractivity contribution in [2.75, 3.05) is 20.6 Å². The van der Waals surface area contributed by atoms with Gasteiger partial charge in [-0.15, -0.1) is 0 Å². The maximum atomic E-state index is 13.5. The maximum Gasteiger partial charge on any atom is 0.251 e. The van der Waals surface area contributed by atoms with Crippen molar-refractivity contribution in [1.29, 1.82) is 5.26 Å². The molecule has 0 bridgehead atoms. The Hall–Kier alpha value is -4.94. The Morgan fingerprint density at radius 3 is 2.29 bits per heavy atom. The van der Waals surface area contributed by atoms with Crippen LogP contribution in [-0.4, -0.2) is 61.3 Å². The number of amidine groups is 1. The lowest BCUT2D eigenvalue weighted by molar-refractivity contribution is -0.131. The van der Waals surface area contributed by atoms with Gasteiger partial charge in [0.05, 0.1) is 23.7 Å². The molecule has 1 aliphatic heterocycles. The average molecular weight is 644 g/mol. The number of hydrogen-bond donors (Lipinski definition) is 4. The number of likely N-dealkylation sites (tertiary alicyclic amines) is 1. The smallest absolute Gasteiger partial charge is 0.251 e. The zero-order valence-corrected chi connectivity index (χ0v) is 28.3. The first kappa shape index (κ1) is 33.0. The molecule has 2 aliphatic carbocycles. The molecule has 1 heterocycles. The van der Waals surface area contributed by atoms with E-state index in [9.17, 15) is 14.9 Å². The fraction of sp³-hybridized carbons (Fsp3) is 0.385. The van der Waals surface area contributed by atoms with Crippen molar-refractivity contribution in [3.05, 3.63) is 106 Å². The molecule has 6 rings (SSSR count). The molecular weight excluding hydrogens is 598 g/mol. The van der Waals surface area contributed by atoms with Gasteiger partial charge in [-0.25, -0.2) is 4.99 Å². The molecule has 5 atom stereocenters. The fourth-order valence-corrected chi connectivity index (χ4v) is 7.74. The first-order valence-corrected chi connectivity index (χ1v) is 16.8. The van der Waals surface area contributed by atoms with E-state index in [0.29, 0.717) is 30.2 Å². The summed E-state index contributed by atoms with van der Waals surface area (Å²) in [6.45, 7) is 8.44. The second-order valence-electron chi connectivity index (χ2n) is 13.5. The lowest BCUT2D eigenvalue weighted by Gasteiger charge is -2.39. The Labute approximate surface area is 283 Å². The fourth-order valence-electron chi connectivity index (χ4n) is 7.74. The number of carbonyl (C=O) groups excluding carboxylic acids is 2. The third-order valence-corrected chi connectivity index (χ3v) is 10.4. The number of benzene rings is 3. The number of aliphatic imine (C=N–C) groups is 1. The molecule has 3 aliphatic rings. The van der Waals surface area contributed by atoms with Crippen LogP contribution in [0.3, 0.4) is 0 Å². The van der Waals surface area contributed by atoms with Crippen LogP contribution in [-0.2, 0) is 23.1 Å². The average Bonchev–Trinajstić information content (AvgIpc) is 3.79.